The Balaban J connectivity index is 2.01. The zero-order chi connectivity index (χ0) is 13.7. The molecular weight excluding hydrogens is 254 g/mol. The second-order valence-corrected chi connectivity index (χ2v) is 6.05. The highest BCUT2D eigenvalue weighted by Gasteiger charge is 2.07. The minimum Gasteiger partial charge on any atom is -0.320 e. The summed E-state index contributed by atoms with van der Waals surface area (Å²) in [5, 5.41) is 14.0. The maximum absolute atomic E-state index is 4.31. The van der Waals surface area contributed by atoms with E-state index >= 15 is 0 Å². The van der Waals surface area contributed by atoms with Crippen LogP contribution in [-0.2, 0) is 12.8 Å². The van der Waals surface area contributed by atoms with Crippen LogP contribution in [0.4, 0.5) is 0 Å². The highest BCUT2D eigenvalue weighted by molar-refractivity contribution is 7.11. The topological polar surface area (TPSA) is 37.8 Å². The van der Waals surface area contributed by atoms with Crippen molar-refractivity contribution < 1.29 is 0 Å². The molecule has 1 aromatic heterocycles. The Hall–Kier alpha value is -1.26. The van der Waals surface area contributed by atoms with Crippen LogP contribution in [-0.4, -0.2) is 23.8 Å². The number of aromatic nitrogens is 2. The Morgan fingerprint density at radius 2 is 1.95 bits per heavy atom. The van der Waals surface area contributed by atoms with Gasteiger partial charge >= 0.3 is 0 Å². The van der Waals surface area contributed by atoms with Crippen LogP contribution < -0.4 is 5.32 Å². The summed E-state index contributed by atoms with van der Waals surface area (Å²) in [4.78, 5) is 0. The van der Waals surface area contributed by atoms with Gasteiger partial charge in [0.15, 0.2) is 0 Å². The Labute approximate surface area is 119 Å². The van der Waals surface area contributed by atoms with Gasteiger partial charge in [-0.15, -0.1) is 21.5 Å². The molecule has 0 amide bonds. The van der Waals surface area contributed by atoms with Gasteiger partial charge in [-0.05, 0) is 45.0 Å². The summed E-state index contributed by atoms with van der Waals surface area (Å²) in [7, 11) is 1.98. The molecule has 0 atom stereocenters. The third-order valence-corrected chi connectivity index (χ3v) is 4.16. The number of nitrogens with one attached hydrogen (secondary N) is 1. The zero-order valence-corrected chi connectivity index (χ0v) is 12.7. The van der Waals surface area contributed by atoms with Crippen LogP contribution in [0, 0.1) is 13.8 Å². The van der Waals surface area contributed by atoms with Crippen LogP contribution in [0.1, 0.15) is 33.1 Å². The molecule has 3 nitrogen and oxygen atoms in total. The van der Waals surface area contributed by atoms with Crippen molar-refractivity contribution in [1.29, 1.82) is 0 Å². The molecule has 1 N–H and O–H groups in total. The standard InChI is InChI=1S/C15H21N3S/c1-11-6-7-12(2)13(9-11)10-15-18-17-14(19-15)5-4-8-16-3/h6-7,9,16H,4-5,8,10H2,1-3H3. The van der Waals surface area contributed by atoms with Crippen LogP contribution in [0.15, 0.2) is 18.2 Å². The third-order valence-electron chi connectivity index (χ3n) is 3.17. The van der Waals surface area contributed by atoms with Gasteiger partial charge in [-0.25, -0.2) is 0 Å². The van der Waals surface area contributed by atoms with Crippen LogP contribution in [0.25, 0.3) is 0 Å². The number of nitrogens with zero attached hydrogens (tertiary/aromatic N) is 2. The molecule has 0 fully saturated rings. The molecule has 102 valence electrons. The SMILES string of the molecule is CNCCCc1nnc(Cc2cc(C)ccc2C)s1. The van der Waals surface area contributed by atoms with Crippen molar-refractivity contribution >= 4 is 11.3 Å². The van der Waals surface area contributed by atoms with E-state index < -0.39 is 0 Å². The molecule has 1 heterocycles. The van der Waals surface area contributed by atoms with Crippen molar-refractivity contribution in [3.05, 3.63) is 44.9 Å². The lowest BCUT2D eigenvalue weighted by Crippen LogP contribution is -2.08. The molecule has 19 heavy (non-hydrogen) atoms. The van der Waals surface area contributed by atoms with E-state index in [9.17, 15) is 0 Å². The van der Waals surface area contributed by atoms with Gasteiger partial charge < -0.3 is 5.32 Å². The van der Waals surface area contributed by atoms with Gasteiger partial charge in [0.05, 0.1) is 0 Å². The van der Waals surface area contributed by atoms with E-state index in [-0.39, 0.29) is 0 Å². The molecule has 0 radical (unpaired) electrons. The molecule has 2 aromatic rings. The quantitative estimate of drug-likeness (QED) is 0.824. The lowest BCUT2D eigenvalue weighted by atomic mass is 10.0. The second kappa shape index (κ2) is 6.78. The summed E-state index contributed by atoms with van der Waals surface area (Å²) in [6.07, 6.45) is 3.04. The van der Waals surface area contributed by atoms with Gasteiger partial charge in [-0.3, -0.25) is 0 Å². The highest BCUT2D eigenvalue weighted by Crippen LogP contribution is 2.19. The van der Waals surface area contributed by atoms with E-state index in [1.807, 2.05) is 7.05 Å². The smallest absolute Gasteiger partial charge is 0.121 e. The molecule has 2 rings (SSSR count). The van der Waals surface area contributed by atoms with Crippen LogP contribution in [0.5, 0.6) is 0 Å². The van der Waals surface area contributed by atoms with E-state index in [1.54, 1.807) is 11.3 Å². The van der Waals surface area contributed by atoms with Crippen LogP contribution in [0.2, 0.25) is 0 Å². The molecule has 4 heteroatoms. The van der Waals surface area contributed by atoms with Crippen molar-refractivity contribution in [1.82, 2.24) is 15.5 Å². The highest BCUT2D eigenvalue weighted by atomic mass is 32.1. The van der Waals surface area contributed by atoms with Crippen LogP contribution in [0.3, 0.4) is 0 Å². The predicted octanol–water partition coefficient (Wildman–Crippen LogP) is 2.90. The fourth-order valence-corrected chi connectivity index (χ4v) is 2.94. The first-order valence-electron chi connectivity index (χ1n) is 6.71. The number of aryl methyl sites for hydroxylation is 3. The van der Waals surface area contributed by atoms with Gasteiger partial charge in [-0.1, -0.05) is 23.8 Å². The van der Waals surface area contributed by atoms with Gasteiger partial charge in [0.2, 0.25) is 0 Å². The summed E-state index contributed by atoms with van der Waals surface area (Å²) >= 11 is 1.74. The van der Waals surface area contributed by atoms with Crippen molar-refractivity contribution in [3.63, 3.8) is 0 Å². The number of hydrogen-bond acceptors (Lipinski definition) is 4. The van der Waals surface area contributed by atoms with E-state index in [0.717, 1.165) is 35.8 Å². The van der Waals surface area contributed by atoms with E-state index in [0.29, 0.717) is 0 Å². The predicted molar refractivity (Wildman–Crippen MR) is 80.9 cm³/mol. The lowest BCUT2D eigenvalue weighted by molar-refractivity contribution is 0.717. The number of hydrogen-bond donors (Lipinski definition) is 1. The monoisotopic (exact) mass is 275 g/mol. The fourth-order valence-electron chi connectivity index (χ4n) is 2.03. The molecule has 0 aliphatic rings. The zero-order valence-electron chi connectivity index (χ0n) is 11.9. The summed E-state index contributed by atoms with van der Waals surface area (Å²) < 4.78 is 0. The Kier molecular flexibility index (Phi) is 5.05. The third kappa shape index (κ3) is 4.11. The summed E-state index contributed by atoms with van der Waals surface area (Å²) in [6.45, 7) is 5.32. The largest absolute Gasteiger partial charge is 0.320 e. The van der Waals surface area contributed by atoms with Gasteiger partial charge in [0.1, 0.15) is 10.0 Å². The minimum absolute atomic E-state index is 0.900. The average molecular weight is 275 g/mol. The van der Waals surface area contributed by atoms with Crippen molar-refractivity contribution in [2.45, 2.75) is 33.1 Å². The van der Waals surface area contributed by atoms with Crippen LogP contribution >= 0.6 is 11.3 Å². The lowest BCUT2D eigenvalue weighted by Gasteiger charge is -2.04. The van der Waals surface area contributed by atoms with E-state index in [2.05, 4.69) is 47.6 Å². The first-order chi connectivity index (χ1) is 9.19. The Bertz CT molecular complexity index is 534. The van der Waals surface area contributed by atoms with Crippen molar-refractivity contribution in [3.8, 4) is 0 Å². The summed E-state index contributed by atoms with van der Waals surface area (Å²) in [5.74, 6) is 0. The normalized spacial score (nSPS) is 10.9. The van der Waals surface area contributed by atoms with Gasteiger partial charge in [-0.2, -0.15) is 0 Å². The minimum atomic E-state index is 0.900. The van der Waals surface area contributed by atoms with Gasteiger partial charge in [0, 0.05) is 12.8 Å². The van der Waals surface area contributed by atoms with E-state index in [4.69, 9.17) is 0 Å². The van der Waals surface area contributed by atoms with Crippen molar-refractivity contribution in [2.24, 2.45) is 0 Å². The molecule has 0 saturated heterocycles. The fraction of sp³-hybridized carbons (Fsp3) is 0.467. The van der Waals surface area contributed by atoms with Gasteiger partial charge in [0.25, 0.3) is 0 Å². The molecule has 0 bridgehead atoms. The first kappa shape index (κ1) is 14.2. The van der Waals surface area contributed by atoms with E-state index in [1.165, 1.54) is 16.7 Å². The molecule has 0 aliphatic carbocycles. The molecular formula is C15H21N3S. The van der Waals surface area contributed by atoms with Crippen molar-refractivity contribution in [2.75, 3.05) is 13.6 Å². The first-order valence-corrected chi connectivity index (χ1v) is 7.52. The maximum Gasteiger partial charge on any atom is 0.121 e. The number of rotatable bonds is 6. The second-order valence-electron chi connectivity index (χ2n) is 4.90. The Morgan fingerprint density at radius 1 is 1.16 bits per heavy atom. The molecule has 1 aromatic carbocycles. The molecule has 0 aliphatic heterocycles. The molecule has 0 saturated carbocycles. The maximum atomic E-state index is 4.31. The average Bonchev–Trinajstić information content (AvgIpc) is 2.82. The number of benzene rings is 1. The Morgan fingerprint density at radius 3 is 2.74 bits per heavy atom. The molecule has 0 unspecified atom stereocenters. The summed E-state index contributed by atoms with van der Waals surface area (Å²) in [5.41, 5.74) is 4.00. The summed E-state index contributed by atoms with van der Waals surface area (Å²) in [6, 6.07) is 6.58. The molecule has 0 spiro atoms.